The first-order valence-corrected chi connectivity index (χ1v) is 7.61. The number of anilines is 1. The fraction of sp³-hybridized carbons (Fsp3) is 0.733. The van der Waals surface area contributed by atoms with Gasteiger partial charge in [-0.05, 0) is 46.2 Å². The van der Waals surface area contributed by atoms with Gasteiger partial charge < -0.3 is 15.0 Å². The third kappa shape index (κ3) is 4.34. The van der Waals surface area contributed by atoms with Crippen molar-refractivity contribution in [1.82, 2.24) is 14.9 Å². The predicted octanol–water partition coefficient (Wildman–Crippen LogP) is 2.47. The van der Waals surface area contributed by atoms with Crippen LogP contribution in [0.3, 0.4) is 0 Å². The molecule has 1 aromatic heterocycles. The van der Waals surface area contributed by atoms with Gasteiger partial charge in [0.25, 0.3) is 0 Å². The predicted molar refractivity (Wildman–Crippen MR) is 81.3 cm³/mol. The summed E-state index contributed by atoms with van der Waals surface area (Å²) in [4.78, 5) is 11.1. The SMILES string of the molecule is CCCNc1cc(OCCC2CCCN2C)nc(C)n1. The van der Waals surface area contributed by atoms with Crippen molar-refractivity contribution >= 4 is 5.82 Å². The van der Waals surface area contributed by atoms with Gasteiger partial charge in [0.2, 0.25) is 5.88 Å². The summed E-state index contributed by atoms with van der Waals surface area (Å²) < 4.78 is 5.80. The number of nitrogens with zero attached hydrogens (tertiary/aromatic N) is 3. The minimum atomic E-state index is 0.663. The van der Waals surface area contributed by atoms with Gasteiger partial charge in [0, 0.05) is 18.7 Å². The molecule has 2 heterocycles. The number of aryl methyl sites for hydroxylation is 1. The first kappa shape index (κ1) is 15.0. The molecule has 0 spiro atoms. The Morgan fingerprint density at radius 1 is 1.45 bits per heavy atom. The fourth-order valence-corrected chi connectivity index (χ4v) is 2.60. The molecule has 1 fully saturated rings. The Morgan fingerprint density at radius 2 is 2.30 bits per heavy atom. The molecule has 1 aromatic rings. The lowest BCUT2D eigenvalue weighted by Gasteiger charge is -2.19. The molecule has 1 atom stereocenters. The Bertz CT molecular complexity index is 424. The van der Waals surface area contributed by atoms with Crippen LogP contribution in [-0.4, -0.2) is 47.7 Å². The van der Waals surface area contributed by atoms with Gasteiger partial charge in [0.15, 0.2) is 0 Å². The third-order valence-corrected chi connectivity index (χ3v) is 3.74. The number of nitrogens with one attached hydrogen (secondary N) is 1. The van der Waals surface area contributed by atoms with Gasteiger partial charge in [-0.2, -0.15) is 4.98 Å². The summed E-state index contributed by atoms with van der Waals surface area (Å²) in [6.45, 7) is 6.88. The van der Waals surface area contributed by atoms with Crippen molar-refractivity contribution < 1.29 is 4.74 Å². The van der Waals surface area contributed by atoms with E-state index in [1.165, 1.54) is 19.4 Å². The third-order valence-electron chi connectivity index (χ3n) is 3.74. The number of aromatic nitrogens is 2. The number of hydrogen-bond donors (Lipinski definition) is 1. The van der Waals surface area contributed by atoms with Crippen molar-refractivity contribution in [2.45, 2.75) is 45.6 Å². The molecule has 1 aliphatic rings. The summed E-state index contributed by atoms with van der Waals surface area (Å²) in [6.07, 6.45) is 4.73. The van der Waals surface area contributed by atoms with E-state index in [0.717, 1.165) is 37.6 Å². The second kappa shape index (κ2) is 7.43. The quantitative estimate of drug-likeness (QED) is 0.830. The van der Waals surface area contributed by atoms with Crippen molar-refractivity contribution in [1.29, 1.82) is 0 Å². The Hall–Kier alpha value is -1.36. The van der Waals surface area contributed by atoms with E-state index in [1.807, 2.05) is 13.0 Å². The smallest absolute Gasteiger partial charge is 0.218 e. The molecule has 20 heavy (non-hydrogen) atoms. The molecule has 5 nitrogen and oxygen atoms in total. The van der Waals surface area contributed by atoms with Crippen LogP contribution in [0.15, 0.2) is 6.07 Å². The summed E-state index contributed by atoms with van der Waals surface area (Å²) >= 11 is 0. The number of likely N-dealkylation sites (tertiary alicyclic amines) is 1. The second-order valence-electron chi connectivity index (χ2n) is 5.48. The van der Waals surface area contributed by atoms with Gasteiger partial charge >= 0.3 is 0 Å². The average molecular weight is 278 g/mol. The molecule has 0 aromatic carbocycles. The van der Waals surface area contributed by atoms with Crippen LogP contribution in [-0.2, 0) is 0 Å². The highest BCUT2D eigenvalue weighted by Crippen LogP contribution is 2.19. The highest BCUT2D eigenvalue weighted by molar-refractivity contribution is 5.38. The number of hydrogen-bond acceptors (Lipinski definition) is 5. The maximum Gasteiger partial charge on any atom is 0.218 e. The Morgan fingerprint density at radius 3 is 3.00 bits per heavy atom. The highest BCUT2D eigenvalue weighted by atomic mass is 16.5. The zero-order valence-electron chi connectivity index (χ0n) is 12.9. The number of rotatable bonds is 7. The molecule has 0 aliphatic carbocycles. The minimum absolute atomic E-state index is 0.663. The highest BCUT2D eigenvalue weighted by Gasteiger charge is 2.20. The minimum Gasteiger partial charge on any atom is -0.477 e. The average Bonchev–Trinajstić information content (AvgIpc) is 2.82. The van der Waals surface area contributed by atoms with Crippen molar-refractivity contribution in [3.05, 3.63) is 11.9 Å². The van der Waals surface area contributed by atoms with E-state index in [4.69, 9.17) is 4.74 Å². The van der Waals surface area contributed by atoms with Crippen LogP contribution in [0.25, 0.3) is 0 Å². The molecule has 1 saturated heterocycles. The lowest BCUT2D eigenvalue weighted by molar-refractivity contribution is 0.228. The van der Waals surface area contributed by atoms with E-state index in [-0.39, 0.29) is 0 Å². The maximum absolute atomic E-state index is 5.80. The molecule has 1 aliphatic heterocycles. The van der Waals surface area contributed by atoms with Crippen LogP contribution in [0.2, 0.25) is 0 Å². The Balaban J connectivity index is 1.83. The van der Waals surface area contributed by atoms with E-state index in [9.17, 15) is 0 Å². The van der Waals surface area contributed by atoms with Crippen molar-refractivity contribution in [2.75, 3.05) is 32.1 Å². The van der Waals surface area contributed by atoms with Crippen LogP contribution in [0.1, 0.15) is 38.4 Å². The van der Waals surface area contributed by atoms with Gasteiger partial charge in [0.1, 0.15) is 11.6 Å². The van der Waals surface area contributed by atoms with Crippen LogP contribution in [0.4, 0.5) is 5.82 Å². The van der Waals surface area contributed by atoms with Crippen LogP contribution < -0.4 is 10.1 Å². The summed E-state index contributed by atoms with van der Waals surface area (Å²) in [5, 5.41) is 3.27. The molecule has 0 saturated carbocycles. The van der Waals surface area contributed by atoms with Gasteiger partial charge in [-0.15, -0.1) is 0 Å². The zero-order valence-corrected chi connectivity index (χ0v) is 12.9. The largest absolute Gasteiger partial charge is 0.477 e. The number of ether oxygens (including phenoxy) is 1. The van der Waals surface area contributed by atoms with Gasteiger partial charge in [-0.25, -0.2) is 4.98 Å². The molecule has 2 rings (SSSR count). The molecule has 0 bridgehead atoms. The van der Waals surface area contributed by atoms with Crippen molar-refractivity contribution in [3.63, 3.8) is 0 Å². The van der Waals surface area contributed by atoms with E-state index in [1.54, 1.807) is 0 Å². The summed E-state index contributed by atoms with van der Waals surface area (Å²) in [5.74, 6) is 2.28. The van der Waals surface area contributed by atoms with Crippen molar-refractivity contribution in [3.8, 4) is 5.88 Å². The molecular weight excluding hydrogens is 252 g/mol. The van der Waals surface area contributed by atoms with E-state index >= 15 is 0 Å². The maximum atomic E-state index is 5.80. The molecule has 0 amide bonds. The Labute approximate surface area is 121 Å². The monoisotopic (exact) mass is 278 g/mol. The molecular formula is C15H26N4O. The zero-order chi connectivity index (χ0) is 14.4. The first-order chi connectivity index (χ1) is 9.69. The molecule has 1 unspecified atom stereocenters. The standard InChI is InChI=1S/C15H26N4O/c1-4-8-16-14-11-15(18-12(2)17-14)20-10-7-13-6-5-9-19(13)3/h11,13H,4-10H2,1-3H3,(H,16,17,18). The van der Waals surface area contributed by atoms with Gasteiger partial charge in [-0.3, -0.25) is 0 Å². The van der Waals surface area contributed by atoms with E-state index < -0.39 is 0 Å². The van der Waals surface area contributed by atoms with E-state index in [2.05, 4.69) is 34.2 Å². The molecule has 5 heteroatoms. The summed E-state index contributed by atoms with van der Waals surface area (Å²) in [7, 11) is 2.19. The Kier molecular flexibility index (Phi) is 5.59. The van der Waals surface area contributed by atoms with Crippen LogP contribution in [0, 0.1) is 6.92 Å². The molecule has 1 N–H and O–H groups in total. The second-order valence-corrected chi connectivity index (χ2v) is 5.48. The molecule has 112 valence electrons. The van der Waals surface area contributed by atoms with Gasteiger partial charge in [-0.1, -0.05) is 6.92 Å². The lowest BCUT2D eigenvalue weighted by atomic mass is 10.1. The first-order valence-electron chi connectivity index (χ1n) is 7.61. The topological polar surface area (TPSA) is 50.3 Å². The normalized spacial score (nSPS) is 19.2. The summed E-state index contributed by atoms with van der Waals surface area (Å²) in [6, 6.07) is 2.55. The van der Waals surface area contributed by atoms with Gasteiger partial charge in [0.05, 0.1) is 6.61 Å². The fourth-order valence-electron chi connectivity index (χ4n) is 2.60. The lowest BCUT2D eigenvalue weighted by Crippen LogP contribution is -2.26. The summed E-state index contributed by atoms with van der Waals surface area (Å²) in [5.41, 5.74) is 0. The molecule has 0 radical (unpaired) electrons. The van der Waals surface area contributed by atoms with E-state index in [0.29, 0.717) is 11.9 Å². The van der Waals surface area contributed by atoms with Crippen LogP contribution in [0.5, 0.6) is 5.88 Å². The van der Waals surface area contributed by atoms with Crippen molar-refractivity contribution in [2.24, 2.45) is 0 Å². The van der Waals surface area contributed by atoms with Crippen LogP contribution >= 0.6 is 0 Å².